The van der Waals surface area contributed by atoms with Crippen molar-refractivity contribution in [2.45, 2.75) is 20.8 Å². The first kappa shape index (κ1) is 13.4. The predicted molar refractivity (Wildman–Crippen MR) is 83.6 cm³/mol. The number of ketones is 1. The lowest BCUT2D eigenvalue weighted by atomic mass is 9.97. The number of nitrogens with zero attached hydrogens (tertiary/aromatic N) is 2. The van der Waals surface area contributed by atoms with Crippen molar-refractivity contribution in [3.63, 3.8) is 0 Å². The van der Waals surface area contributed by atoms with E-state index in [9.17, 15) is 4.79 Å². The molecule has 0 bridgehead atoms. The van der Waals surface area contributed by atoms with E-state index in [4.69, 9.17) is 0 Å². The van der Waals surface area contributed by atoms with Crippen molar-refractivity contribution in [3.8, 4) is 0 Å². The fourth-order valence-corrected chi connectivity index (χ4v) is 2.41. The van der Waals surface area contributed by atoms with Crippen LogP contribution in [-0.4, -0.2) is 15.8 Å². The lowest BCUT2D eigenvalue weighted by molar-refractivity contribution is 0.103. The summed E-state index contributed by atoms with van der Waals surface area (Å²) in [5.41, 5.74) is 5.89. The zero-order chi connectivity index (χ0) is 15.0. The molecule has 3 aromatic rings. The van der Waals surface area contributed by atoms with E-state index >= 15 is 0 Å². The van der Waals surface area contributed by atoms with Gasteiger partial charge in [0.2, 0.25) is 5.78 Å². The molecule has 0 N–H and O–H groups in total. The second-order valence-corrected chi connectivity index (χ2v) is 5.32. The van der Waals surface area contributed by atoms with Crippen molar-refractivity contribution in [1.82, 2.24) is 9.97 Å². The Bertz CT molecular complexity index is 853. The van der Waals surface area contributed by atoms with Crippen LogP contribution in [0.4, 0.5) is 0 Å². The minimum atomic E-state index is -0.0751. The average Bonchev–Trinajstić information content (AvgIpc) is 2.50. The maximum absolute atomic E-state index is 12.7. The molecule has 0 aliphatic carbocycles. The second kappa shape index (κ2) is 5.09. The molecule has 3 nitrogen and oxygen atoms in total. The first-order chi connectivity index (χ1) is 10.1. The standard InChI is InChI=1S/C18H16N2O/c1-11-8-13(3)14(9-12(11)2)18(21)17-10-19-15-6-4-5-7-16(15)20-17/h4-10H,1-3H3. The highest BCUT2D eigenvalue weighted by molar-refractivity contribution is 6.09. The highest BCUT2D eigenvalue weighted by atomic mass is 16.1. The van der Waals surface area contributed by atoms with Crippen LogP contribution in [0, 0.1) is 20.8 Å². The third kappa shape index (κ3) is 2.42. The van der Waals surface area contributed by atoms with Crippen molar-refractivity contribution in [3.05, 3.63) is 70.5 Å². The summed E-state index contributed by atoms with van der Waals surface area (Å²) >= 11 is 0. The molecule has 0 fully saturated rings. The van der Waals surface area contributed by atoms with E-state index in [2.05, 4.69) is 9.97 Å². The maximum atomic E-state index is 12.7. The molecule has 0 spiro atoms. The van der Waals surface area contributed by atoms with Crippen LogP contribution in [0.25, 0.3) is 11.0 Å². The third-order valence-corrected chi connectivity index (χ3v) is 3.77. The molecule has 3 rings (SSSR count). The van der Waals surface area contributed by atoms with Crippen LogP contribution in [-0.2, 0) is 0 Å². The number of carbonyl (C=O) groups excluding carboxylic acids is 1. The molecule has 1 aromatic heterocycles. The second-order valence-electron chi connectivity index (χ2n) is 5.32. The zero-order valence-corrected chi connectivity index (χ0v) is 12.3. The lowest BCUT2D eigenvalue weighted by Gasteiger charge is -2.09. The number of hydrogen-bond donors (Lipinski definition) is 0. The van der Waals surface area contributed by atoms with Gasteiger partial charge in [0.05, 0.1) is 17.2 Å². The van der Waals surface area contributed by atoms with Gasteiger partial charge in [0, 0.05) is 5.56 Å². The van der Waals surface area contributed by atoms with E-state index in [1.165, 1.54) is 5.56 Å². The van der Waals surface area contributed by atoms with Gasteiger partial charge in [0.1, 0.15) is 5.69 Å². The fourth-order valence-electron chi connectivity index (χ4n) is 2.41. The molecule has 0 saturated heterocycles. The van der Waals surface area contributed by atoms with Crippen molar-refractivity contribution < 1.29 is 4.79 Å². The number of carbonyl (C=O) groups is 1. The maximum Gasteiger partial charge on any atom is 0.213 e. The van der Waals surface area contributed by atoms with E-state index < -0.39 is 0 Å². The average molecular weight is 276 g/mol. The number of aromatic nitrogens is 2. The number of rotatable bonds is 2. The third-order valence-electron chi connectivity index (χ3n) is 3.77. The molecule has 0 unspecified atom stereocenters. The van der Waals surface area contributed by atoms with Crippen LogP contribution in [0.3, 0.4) is 0 Å². The van der Waals surface area contributed by atoms with E-state index in [0.717, 1.165) is 22.2 Å². The van der Waals surface area contributed by atoms with E-state index in [1.54, 1.807) is 6.20 Å². The molecule has 2 aromatic carbocycles. The summed E-state index contributed by atoms with van der Waals surface area (Å²) in [4.78, 5) is 21.4. The summed E-state index contributed by atoms with van der Waals surface area (Å²) in [5.74, 6) is -0.0751. The van der Waals surface area contributed by atoms with Gasteiger partial charge in [-0.25, -0.2) is 4.98 Å². The smallest absolute Gasteiger partial charge is 0.213 e. The van der Waals surface area contributed by atoms with Crippen molar-refractivity contribution in [2.75, 3.05) is 0 Å². The summed E-state index contributed by atoms with van der Waals surface area (Å²) < 4.78 is 0. The van der Waals surface area contributed by atoms with Crippen LogP contribution in [0.1, 0.15) is 32.7 Å². The number of aryl methyl sites for hydroxylation is 3. The van der Waals surface area contributed by atoms with Gasteiger partial charge in [-0.2, -0.15) is 0 Å². The molecule has 1 heterocycles. The molecule has 104 valence electrons. The van der Waals surface area contributed by atoms with E-state index in [-0.39, 0.29) is 5.78 Å². The van der Waals surface area contributed by atoms with Crippen LogP contribution in [0.15, 0.2) is 42.6 Å². The molecule has 0 aliphatic rings. The van der Waals surface area contributed by atoms with Crippen LogP contribution < -0.4 is 0 Å². The van der Waals surface area contributed by atoms with E-state index in [0.29, 0.717) is 11.3 Å². The Hall–Kier alpha value is -2.55. The zero-order valence-electron chi connectivity index (χ0n) is 12.3. The highest BCUT2D eigenvalue weighted by Crippen LogP contribution is 2.19. The molecule has 0 atom stereocenters. The molecule has 0 amide bonds. The lowest BCUT2D eigenvalue weighted by Crippen LogP contribution is -2.08. The monoisotopic (exact) mass is 276 g/mol. The first-order valence-corrected chi connectivity index (χ1v) is 6.90. The Morgan fingerprint density at radius 3 is 2.33 bits per heavy atom. The minimum absolute atomic E-state index is 0.0751. The normalized spacial score (nSPS) is 10.8. The predicted octanol–water partition coefficient (Wildman–Crippen LogP) is 3.79. The summed E-state index contributed by atoms with van der Waals surface area (Å²) in [6, 6.07) is 11.5. The largest absolute Gasteiger partial charge is 0.287 e. The van der Waals surface area contributed by atoms with Gasteiger partial charge in [-0.1, -0.05) is 18.2 Å². The fraction of sp³-hybridized carbons (Fsp3) is 0.167. The minimum Gasteiger partial charge on any atom is -0.287 e. The highest BCUT2D eigenvalue weighted by Gasteiger charge is 2.15. The van der Waals surface area contributed by atoms with Gasteiger partial charge in [0.25, 0.3) is 0 Å². The van der Waals surface area contributed by atoms with Crippen LogP contribution in [0.5, 0.6) is 0 Å². The van der Waals surface area contributed by atoms with Gasteiger partial charge in [-0.15, -0.1) is 0 Å². The van der Waals surface area contributed by atoms with Crippen molar-refractivity contribution in [1.29, 1.82) is 0 Å². The number of hydrogen-bond acceptors (Lipinski definition) is 3. The van der Waals surface area contributed by atoms with Crippen LogP contribution in [0.2, 0.25) is 0 Å². The number of fused-ring (bicyclic) bond motifs is 1. The summed E-state index contributed by atoms with van der Waals surface area (Å²) in [6.07, 6.45) is 1.55. The van der Waals surface area contributed by atoms with Crippen LogP contribution >= 0.6 is 0 Å². The topological polar surface area (TPSA) is 42.9 Å². The quantitative estimate of drug-likeness (QED) is 0.669. The molecule has 0 aliphatic heterocycles. The number of benzene rings is 2. The Balaban J connectivity index is 2.10. The Labute approximate surface area is 123 Å². The first-order valence-electron chi connectivity index (χ1n) is 6.90. The molecule has 3 heteroatoms. The van der Waals surface area contributed by atoms with Crippen molar-refractivity contribution in [2.24, 2.45) is 0 Å². The number of para-hydroxylation sites is 2. The van der Waals surface area contributed by atoms with Gasteiger partial charge >= 0.3 is 0 Å². The molecule has 21 heavy (non-hydrogen) atoms. The summed E-state index contributed by atoms with van der Waals surface area (Å²) in [6.45, 7) is 6.01. The van der Waals surface area contributed by atoms with Crippen molar-refractivity contribution >= 4 is 16.8 Å². The summed E-state index contributed by atoms with van der Waals surface area (Å²) in [5, 5.41) is 0. The van der Waals surface area contributed by atoms with E-state index in [1.807, 2.05) is 57.2 Å². The molecule has 0 saturated carbocycles. The molecular weight excluding hydrogens is 260 g/mol. The molecule has 0 radical (unpaired) electrons. The Morgan fingerprint density at radius 2 is 1.57 bits per heavy atom. The Morgan fingerprint density at radius 1 is 0.905 bits per heavy atom. The van der Waals surface area contributed by atoms with Gasteiger partial charge in [-0.3, -0.25) is 9.78 Å². The summed E-state index contributed by atoms with van der Waals surface area (Å²) in [7, 11) is 0. The van der Waals surface area contributed by atoms with Gasteiger partial charge in [0.15, 0.2) is 0 Å². The Kier molecular flexibility index (Phi) is 3.26. The SMILES string of the molecule is Cc1cc(C)c(C(=O)c2cnc3ccccc3n2)cc1C. The molecular formula is C18H16N2O. The van der Waals surface area contributed by atoms with Gasteiger partial charge in [-0.05, 0) is 55.7 Å². The van der Waals surface area contributed by atoms with Gasteiger partial charge < -0.3 is 0 Å².